The molecule has 144 valence electrons. The maximum atomic E-state index is 13.0. The van der Waals surface area contributed by atoms with Gasteiger partial charge < -0.3 is 14.5 Å². The predicted octanol–water partition coefficient (Wildman–Crippen LogP) is 4.92. The maximum absolute atomic E-state index is 13.0. The van der Waals surface area contributed by atoms with Crippen molar-refractivity contribution in [1.29, 1.82) is 0 Å². The molecule has 0 unspecified atom stereocenters. The van der Waals surface area contributed by atoms with Crippen LogP contribution in [-0.4, -0.2) is 23.5 Å². The number of nitrogens with zero attached hydrogens (tertiary/aromatic N) is 1. The molecule has 0 aliphatic rings. The van der Waals surface area contributed by atoms with Gasteiger partial charge in [-0.05, 0) is 55.5 Å². The van der Waals surface area contributed by atoms with E-state index in [0.29, 0.717) is 40.4 Å². The normalized spacial score (nSPS) is 10.7. The molecule has 0 spiro atoms. The van der Waals surface area contributed by atoms with Gasteiger partial charge in [-0.15, -0.1) is 0 Å². The number of fused-ring (bicyclic) bond motifs is 1. The molecular formula is C23H18N2O4. The number of esters is 1. The Morgan fingerprint density at radius 3 is 2.55 bits per heavy atom. The molecule has 0 atom stereocenters. The summed E-state index contributed by atoms with van der Waals surface area (Å²) >= 11 is 0. The van der Waals surface area contributed by atoms with Gasteiger partial charge in [-0.1, -0.05) is 18.2 Å². The average Bonchev–Trinajstić information content (AvgIpc) is 3.28. The van der Waals surface area contributed by atoms with E-state index in [1.54, 1.807) is 55.7 Å². The molecule has 2 aromatic heterocycles. The molecule has 0 bridgehead atoms. The van der Waals surface area contributed by atoms with Crippen molar-refractivity contribution in [3.05, 3.63) is 84.1 Å². The SMILES string of the molecule is CCOC(=O)c1ccc(NC(=O)c2cc(-c3ccco3)nc3ccccc23)cc1. The zero-order valence-electron chi connectivity index (χ0n) is 15.7. The molecule has 0 aliphatic carbocycles. The van der Waals surface area contributed by atoms with Crippen molar-refractivity contribution in [2.75, 3.05) is 11.9 Å². The monoisotopic (exact) mass is 386 g/mol. The number of hydrogen-bond donors (Lipinski definition) is 1. The number of ether oxygens (including phenoxy) is 1. The molecule has 1 N–H and O–H groups in total. The summed E-state index contributed by atoms with van der Waals surface area (Å²) in [5.41, 5.74) is 2.76. The first-order chi connectivity index (χ1) is 14.2. The van der Waals surface area contributed by atoms with Crippen molar-refractivity contribution < 1.29 is 18.7 Å². The number of carbonyl (C=O) groups excluding carboxylic acids is 2. The summed E-state index contributed by atoms with van der Waals surface area (Å²) in [6.07, 6.45) is 1.57. The minimum absolute atomic E-state index is 0.278. The smallest absolute Gasteiger partial charge is 0.338 e. The molecule has 0 aliphatic heterocycles. The summed E-state index contributed by atoms with van der Waals surface area (Å²) in [6.45, 7) is 2.06. The molecule has 1 amide bonds. The maximum Gasteiger partial charge on any atom is 0.338 e. The van der Waals surface area contributed by atoms with Gasteiger partial charge in [0.1, 0.15) is 5.69 Å². The van der Waals surface area contributed by atoms with Crippen molar-refractivity contribution in [2.24, 2.45) is 0 Å². The summed E-state index contributed by atoms with van der Waals surface area (Å²) in [5.74, 6) is -0.0857. The molecule has 0 radical (unpaired) electrons. The first-order valence-corrected chi connectivity index (χ1v) is 9.18. The molecule has 2 aromatic carbocycles. The lowest BCUT2D eigenvalue weighted by atomic mass is 10.1. The van der Waals surface area contributed by atoms with Crippen LogP contribution in [-0.2, 0) is 4.74 Å². The molecule has 6 nitrogen and oxygen atoms in total. The number of carbonyl (C=O) groups is 2. The number of para-hydroxylation sites is 1. The summed E-state index contributed by atoms with van der Waals surface area (Å²) in [4.78, 5) is 29.4. The lowest BCUT2D eigenvalue weighted by Gasteiger charge is -2.10. The lowest BCUT2D eigenvalue weighted by Crippen LogP contribution is -2.13. The van der Waals surface area contributed by atoms with Crippen molar-refractivity contribution in [1.82, 2.24) is 4.98 Å². The van der Waals surface area contributed by atoms with Crippen LogP contribution in [0.1, 0.15) is 27.6 Å². The predicted molar refractivity (Wildman–Crippen MR) is 110 cm³/mol. The van der Waals surface area contributed by atoms with Gasteiger partial charge in [0.05, 0.1) is 29.5 Å². The Labute approximate surface area is 167 Å². The molecule has 29 heavy (non-hydrogen) atoms. The number of aromatic nitrogens is 1. The molecule has 4 rings (SSSR count). The standard InChI is InChI=1S/C23H18N2O4/c1-2-28-23(27)15-9-11-16(12-10-15)24-22(26)18-14-20(21-8-5-13-29-21)25-19-7-4-3-6-17(18)19/h3-14H,2H2,1H3,(H,24,26). The van der Waals surface area contributed by atoms with Crippen LogP contribution in [0, 0.1) is 0 Å². The topological polar surface area (TPSA) is 81.4 Å². The van der Waals surface area contributed by atoms with Crippen LogP contribution >= 0.6 is 0 Å². The van der Waals surface area contributed by atoms with E-state index in [0.717, 1.165) is 5.39 Å². The highest BCUT2D eigenvalue weighted by atomic mass is 16.5. The van der Waals surface area contributed by atoms with Crippen LogP contribution in [0.25, 0.3) is 22.4 Å². The van der Waals surface area contributed by atoms with Crippen LogP contribution in [0.15, 0.2) is 77.4 Å². The second kappa shape index (κ2) is 7.98. The number of rotatable bonds is 5. The Balaban J connectivity index is 1.65. The van der Waals surface area contributed by atoms with Gasteiger partial charge in [0, 0.05) is 11.1 Å². The van der Waals surface area contributed by atoms with E-state index < -0.39 is 5.97 Å². The van der Waals surface area contributed by atoms with Crippen molar-refractivity contribution in [2.45, 2.75) is 6.92 Å². The number of anilines is 1. The number of hydrogen-bond acceptors (Lipinski definition) is 5. The van der Waals surface area contributed by atoms with Gasteiger partial charge in [0.2, 0.25) is 0 Å². The Morgan fingerprint density at radius 2 is 1.83 bits per heavy atom. The van der Waals surface area contributed by atoms with Gasteiger partial charge in [-0.25, -0.2) is 9.78 Å². The van der Waals surface area contributed by atoms with Gasteiger partial charge in [0.15, 0.2) is 5.76 Å². The first-order valence-electron chi connectivity index (χ1n) is 9.18. The van der Waals surface area contributed by atoms with Gasteiger partial charge in [0.25, 0.3) is 5.91 Å². The summed E-state index contributed by atoms with van der Waals surface area (Å²) in [5, 5.41) is 3.61. The fourth-order valence-electron chi connectivity index (χ4n) is 3.02. The Hall–Kier alpha value is -3.93. The number of nitrogens with one attached hydrogen (secondary N) is 1. The molecule has 6 heteroatoms. The van der Waals surface area contributed by atoms with E-state index in [9.17, 15) is 9.59 Å². The van der Waals surface area contributed by atoms with Gasteiger partial charge in [-0.3, -0.25) is 4.79 Å². The van der Waals surface area contributed by atoms with Crippen molar-refractivity contribution >= 4 is 28.5 Å². The van der Waals surface area contributed by atoms with Crippen molar-refractivity contribution in [3.8, 4) is 11.5 Å². The zero-order chi connectivity index (χ0) is 20.2. The largest absolute Gasteiger partial charge is 0.463 e. The van der Waals surface area contributed by atoms with Crippen LogP contribution in [0.3, 0.4) is 0 Å². The van der Waals surface area contributed by atoms with Crippen LogP contribution in [0.4, 0.5) is 5.69 Å². The van der Waals surface area contributed by atoms with Crippen molar-refractivity contribution in [3.63, 3.8) is 0 Å². The molecule has 0 saturated heterocycles. The number of furan rings is 1. The zero-order valence-corrected chi connectivity index (χ0v) is 15.7. The van der Waals surface area contributed by atoms with Gasteiger partial charge >= 0.3 is 5.97 Å². The summed E-state index contributed by atoms with van der Waals surface area (Å²) in [6, 6.07) is 19.3. The van der Waals surface area contributed by atoms with Gasteiger partial charge in [-0.2, -0.15) is 0 Å². The Kier molecular flexibility index (Phi) is 5.07. The lowest BCUT2D eigenvalue weighted by molar-refractivity contribution is 0.0526. The van der Waals surface area contributed by atoms with E-state index in [2.05, 4.69) is 10.3 Å². The van der Waals surface area contributed by atoms with E-state index in [1.807, 2.05) is 24.3 Å². The second-order valence-electron chi connectivity index (χ2n) is 6.30. The number of pyridine rings is 1. The highest BCUT2D eigenvalue weighted by Gasteiger charge is 2.15. The minimum Gasteiger partial charge on any atom is -0.463 e. The molecular weight excluding hydrogens is 368 g/mol. The Morgan fingerprint density at radius 1 is 1.03 bits per heavy atom. The fourth-order valence-corrected chi connectivity index (χ4v) is 3.02. The third kappa shape index (κ3) is 3.87. The molecule has 2 heterocycles. The molecule has 4 aromatic rings. The quantitative estimate of drug-likeness (QED) is 0.492. The first kappa shape index (κ1) is 18.4. The molecule has 0 saturated carbocycles. The van der Waals surface area contributed by atoms with Crippen LogP contribution < -0.4 is 5.32 Å². The van der Waals surface area contributed by atoms with Crippen LogP contribution in [0.2, 0.25) is 0 Å². The Bertz CT molecular complexity index is 1170. The third-order valence-corrected chi connectivity index (χ3v) is 4.39. The van der Waals surface area contributed by atoms with Crippen LogP contribution in [0.5, 0.6) is 0 Å². The molecule has 0 fully saturated rings. The summed E-state index contributed by atoms with van der Waals surface area (Å²) < 4.78 is 10.4. The number of amides is 1. The van der Waals surface area contributed by atoms with E-state index in [1.165, 1.54) is 0 Å². The minimum atomic E-state index is -0.395. The summed E-state index contributed by atoms with van der Waals surface area (Å²) in [7, 11) is 0. The van der Waals surface area contributed by atoms with E-state index >= 15 is 0 Å². The highest BCUT2D eigenvalue weighted by Crippen LogP contribution is 2.26. The second-order valence-corrected chi connectivity index (χ2v) is 6.30. The van der Waals surface area contributed by atoms with E-state index in [-0.39, 0.29) is 5.91 Å². The van der Waals surface area contributed by atoms with E-state index in [4.69, 9.17) is 9.15 Å². The highest BCUT2D eigenvalue weighted by molar-refractivity contribution is 6.13. The average molecular weight is 386 g/mol. The number of benzene rings is 2. The third-order valence-electron chi connectivity index (χ3n) is 4.39. The fraction of sp³-hybridized carbons (Fsp3) is 0.0870.